The second-order valence-corrected chi connectivity index (χ2v) is 18.3. The van der Waals surface area contributed by atoms with Crippen LogP contribution in [-0.2, 0) is 5.41 Å². The largest absolute Gasteiger partial charge is 0.309 e. The first-order valence-corrected chi connectivity index (χ1v) is 22.7. The van der Waals surface area contributed by atoms with Crippen molar-refractivity contribution in [2.75, 3.05) is 4.90 Å². The number of thiophene rings is 1. The molecule has 0 unspecified atom stereocenters. The smallest absolute Gasteiger partial charge is 0.0546 e. The van der Waals surface area contributed by atoms with Gasteiger partial charge in [-0.3, -0.25) is 0 Å². The monoisotopic (exact) mass is 821 g/mol. The van der Waals surface area contributed by atoms with E-state index in [1.807, 2.05) is 11.3 Å². The quantitative estimate of drug-likeness (QED) is 0.155. The van der Waals surface area contributed by atoms with Crippen molar-refractivity contribution in [1.82, 2.24) is 0 Å². The molecule has 1 aliphatic carbocycles. The number of anilines is 3. The molecule has 0 radical (unpaired) electrons. The van der Waals surface area contributed by atoms with Crippen molar-refractivity contribution in [3.05, 3.63) is 236 Å². The maximum absolute atomic E-state index is 2.51. The zero-order valence-corrected chi connectivity index (χ0v) is 36.0. The number of para-hydroxylation sites is 1. The minimum atomic E-state index is -0.162. The van der Waals surface area contributed by atoms with Gasteiger partial charge >= 0.3 is 0 Å². The highest BCUT2D eigenvalue weighted by molar-refractivity contribution is 7.25. The van der Waals surface area contributed by atoms with Gasteiger partial charge in [0.25, 0.3) is 0 Å². The van der Waals surface area contributed by atoms with Crippen molar-refractivity contribution < 1.29 is 0 Å². The van der Waals surface area contributed by atoms with Crippen molar-refractivity contribution in [2.24, 2.45) is 0 Å². The molecule has 0 amide bonds. The van der Waals surface area contributed by atoms with Gasteiger partial charge in [0, 0.05) is 42.4 Å². The summed E-state index contributed by atoms with van der Waals surface area (Å²) in [6.45, 7) is 4.78. The molecule has 0 spiro atoms. The third-order valence-corrected chi connectivity index (χ3v) is 14.4. The van der Waals surface area contributed by atoms with Gasteiger partial charge in [-0.05, 0) is 109 Å². The van der Waals surface area contributed by atoms with Crippen molar-refractivity contribution in [2.45, 2.75) is 19.3 Å². The highest BCUT2D eigenvalue weighted by Crippen LogP contribution is 2.54. The molecule has 0 saturated heterocycles. The van der Waals surface area contributed by atoms with Crippen LogP contribution in [0.4, 0.5) is 17.1 Å². The Hall–Kier alpha value is -7.52. The van der Waals surface area contributed by atoms with E-state index >= 15 is 0 Å². The summed E-state index contributed by atoms with van der Waals surface area (Å²) in [5, 5.41) is 5.19. The Morgan fingerprint density at radius 1 is 0.365 bits per heavy atom. The molecule has 1 nitrogen and oxygen atoms in total. The highest BCUT2D eigenvalue weighted by atomic mass is 32.1. The topological polar surface area (TPSA) is 3.24 Å². The third kappa shape index (κ3) is 6.05. The van der Waals surface area contributed by atoms with Gasteiger partial charge in [-0.2, -0.15) is 0 Å². The van der Waals surface area contributed by atoms with Crippen LogP contribution < -0.4 is 4.90 Å². The van der Waals surface area contributed by atoms with Crippen molar-refractivity contribution in [3.63, 3.8) is 0 Å². The first kappa shape index (κ1) is 37.3. The maximum Gasteiger partial charge on any atom is 0.0546 e. The number of benzene rings is 10. The van der Waals surface area contributed by atoms with Gasteiger partial charge in [0.05, 0.1) is 11.4 Å². The fraction of sp³-hybridized carbons (Fsp3) is 0.0492. The Kier molecular flexibility index (Phi) is 8.77. The summed E-state index contributed by atoms with van der Waals surface area (Å²) in [6.07, 6.45) is 0. The van der Waals surface area contributed by atoms with Gasteiger partial charge in [-0.15, -0.1) is 11.3 Å². The molecule has 0 atom stereocenters. The van der Waals surface area contributed by atoms with Crippen LogP contribution in [-0.4, -0.2) is 0 Å². The Bertz CT molecular complexity index is 3540. The van der Waals surface area contributed by atoms with Crippen molar-refractivity contribution in [3.8, 4) is 55.6 Å². The predicted molar refractivity (Wildman–Crippen MR) is 271 cm³/mol. The number of fused-ring (bicyclic) bond motifs is 8. The molecule has 1 aromatic heterocycles. The van der Waals surface area contributed by atoms with Crippen LogP contribution in [0.15, 0.2) is 224 Å². The van der Waals surface area contributed by atoms with Crippen LogP contribution in [0.2, 0.25) is 0 Å². The SMILES string of the molecule is CC1(C)c2cc(-c3cccc(N(c4cccc(-c5ccccc5)c4)c4ccccc4-c4cccc5sc6ccccc6c45)c3-c3ccccc3)ccc2-c2c1ccc1ccccc21. The number of hydrogen-bond donors (Lipinski definition) is 0. The van der Waals surface area contributed by atoms with Crippen LogP contribution in [0.5, 0.6) is 0 Å². The van der Waals surface area contributed by atoms with E-state index in [-0.39, 0.29) is 5.41 Å². The summed E-state index contributed by atoms with van der Waals surface area (Å²) in [6, 6.07) is 83.0. The molecule has 0 saturated carbocycles. The van der Waals surface area contributed by atoms with Crippen LogP contribution in [0.3, 0.4) is 0 Å². The standard InChI is InChI=1S/C61H43NS/c1-61(2)52-37-35-41-20-9-10-25-46(41)59(52)50-36-34-44(39-53(50)61)47-28-16-31-55(58(47)42-21-7-4-8-22-42)62(45-24-15-23-43(38-45)40-18-5-3-6-19-40)54-30-13-11-26-48(54)49-29-17-33-57-60(49)51-27-12-14-32-56(51)63-57/h3-39H,1-2H3. The fourth-order valence-electron chi connectivity index (χ4n) is 10.3. The lowest BCUT2D eigenvalue weighted by Crippen LogP contribution is -2.15. The molecule has 63 heavy (non-hydrogen) atoms. The van der Waals surface area contributed by atoms with Crippen LogP contribution >= 0.6 is 11.3 Å². The predicted octanol–water partition coefficient (Wildman–Crippen LogP) is 17.7. The summed E-state index contributed by atoms with van der Waals surface area (Å²) < 4.78 is 2.60. The Labute approximate surface area is 372 Å². The van der Waals surface area contributed by atoms with E-state index < -0.39 is 0 Å². The normalized spacial score (nSPS) is 12.7. The van der Waals surface area contributed by atoms with E-state index in [4.69, 9.17) is 0 Å². The lowest BCUT2D eigenvalue weighted by molar-refractivity contribution is 0.661. The van der Waals surface area contributed by atoms with E-state index in [1.165, 1.54) is 97.7 Å². The lowest BCUT2D eigenvalue weighted by Gasteiger charge is -2.31. The molecule has 10 aromatic carbocycles. The number of nitrogens with zero attached hydrogens (tertiary/aromatic N) is 1. The van der Waals surface area contributed by atoms with Gasteiger partial charge in [-0.1, -0.05) is 196 Å². The molecule has 0 N–H and O–H groups in total. The molecule has 0 fully saturated rings. The van der Waals surface area contributed by atoms with E-state index in [0.29, 0.717) is 0 Å². The summed E-state index contributed by atoms with van der Waals surface area (Å²) in [5.41, 5.74) is 18.2. The van der Waals surface area contributed by atoms with Crippen molar-refractivity contribution in [1.29, 1.82) is 0 Å². The van der Waals surface area contributed by atoms with Crippen LogP contribution in [0.25, 0.3) is 86.6 Å². The van der Waals surface area contributed by atoms with E-state index in [0.717, 1.165) is 17.1 Å². The van der Waals surface area contributed by atoms with Gasteiger partial charge in [0.15, 0.2) is 0 Å². The molecule has 12 rings (SSSR count). The molecular formula is C61H43NS. The minimum Gasteiger partial charge on any atom is -0.309 e. The second kappa shape index (κ2) is 14.8. The highest BCUT2D eigenvalue weighted by Gasteiger charge is 2.37. The average molecular weight is 822 g/mol. The molecule has 0 aliphatic heterocycles. The van der Waals surface area contributed by atoms with Crippen LogP contribution in [0.1, 0.15) is 25.0 Å². The Morgan fingerprint density at radius 2 is 1.00 bits per heavy atom. The van der Waals surface area contributed by atoms with Crippen LogP contribution in [0, 0.1) is 0 Å². The van der Waals surface area contributed by atoms with Gasteiger partial charge in [0.2, 0.25) is 0 Å². The molecule has 2 heteroatoms. The van der Waals surface area contributed by atoms with E-state index in [9.17, 15) is 0 Å². The molecule has 1 heterocycles. The summed E-state index contributed by atoms with van der Waals surface area (Å²) in [4.78, 5) is 2.51. The Morgan fingerprint density at radius 3 is 1.86 bits per heavy atom. The van der Waals surface area contributed by atoms with Gasteiger partial charge < -0.3 is 4.90 Å². The molecule has 11 aromatic rings. The zero-order valence-electron chi connectivity index (χ0n) is 35.2. The van der Waals surface area contributed by atoms with E-state index in [1.54, 1.807) is 0 Å². The summed E-state index contributed by atoms with van der Waals surface area (Å²) in [5.74, 6) is 0. The fourth-order valence-corrected chi connectivity index (χ4v) is 11.4. The molecule has 298 valence electrons. The first-order valence-electron chi connectivity index (χ1n) is 21.8. The average Bonchev–Trinajstić information content (AvgIpc) is 3.84. The van der Waals surface area contributed by atoms with Crippen molar-refractivity contribution >= 4 is 59.3 Å². The van der Waals surface area contributed by atoms with E-state index in [2.05, 4.69) is 243 Å². The lowest BCUT2D eigenvalue weighted by atomic mass is 9.81. The summed E-state index contributed by atoms with van der Waals surface area (Å²) >= 11 is 1.87. The first-order chi connectivity index (χ1) is 31.0. The third-order valence-electron chi connectivity index (χ3n) is 13.3. The second-order valence-electron chi connectivity index (χ2n) is 17.2. The minimum absolute atomic E-state index is 0.162. The van der Waals surface area contributed by atoms with Gasteiger partial charge in [-0.25, -0.2) is 0 Å². The number of hydrogen-bond acceptors (Lipinski definition) is 2. The maximum atomic E-state index is 2.51. The summed E-state index contributed by atoms with van der Waals surface area (Å²) in [7, 11) is 0. The zero-order chi connectivity index (χ0) is 42.1. The Balaban J connectivity index is 1.12. The van der Waals surface area contributed by atoms with Gasteiger partial charge in [0.1, 0.15) is 0 Å². The molecule has 1 aliphatic rings. The molecule has 0 bridgehead atoms. The number of rotatable bonds is 7. The molecular weight excluding hydrogens is 779 g/mol.